The van der Waals surface area contributed by atoms with Crippen LogP contribution >= 0.6 is 0 Å². The van der Waals surface area contributed by atoms with Crippen molar-refractivity contribution in [1.29, 1.82) is 0 Å². The second kappa shape index (κ2) is 4.09. The average Bonchev–Trinajstić information content (AvgIpc) is 2.07. The molecule has 68 valence electrons. The minimum Gasteiger partial charge on any atom is -0.496 e. The molecule has 0 aliphatic heterocycles. The number of rotatable bonds is 2. The summed E-state index contributed by atoms with van der Waals surface area (Å²) in [7, 11) is 0.00551. The van der Waals surface area contributed by atoms with Gasteiger partial charge in [-0.05, 0) is 30.2 Å². The molecular formula is C9H11NO2Si. The zero-order valence-electron chi connectivity index (χ0n) is 7.63. The fraction of sp³-hybridized carbons (Fsp3) is 0.222. The highest BCUT2D eigenvalue weighted by Crippen LogP contribution is 2.01. The lowest BCUT2D eigenvalue weighted by molar-refractivity contribution is 0.214. The zero-order chi connectivity index (χ0) is 9.84. The van der Waals surface area contributed by atoms with Gasteiger partial charge in [0, 0.05) is 0 Å². The van der Waals surface area contributed by atoms with Crippen LogP contribution < -0.4 is 10.9 Å². The average molecular weight is 193 g/mol. The summed E-state index contributed by atoms with van der Waals surface area (Å²) in [4.78, 5) is 10.4. The van der Waals surface area contributed by atoms with Crippen molar-refractivity contribution in [3.05, 3.63) is 29.3 Å². The molecule has 4 heteroatoms. The van der Waals surface area contributed by atoms with E-state index in [0.717, 1.165) is 10.8 Å². The maximum absolute atomic E-state index is 10.4. The van der Waals surface area contributed by atoms with Gasteiger partial charge >= 0.3 is 15.9 Å². The SMILES string of the molecule is Cc1cccc([Si]OC(N)=O)c1C. The first-order valence-corrected chi connectivity index (χ1v) is 4.80. The lowest BCUT2D eigenvalue weighted by Gasteiger charge is -2.05. The Morgan fingerprint density at radius 3 is 2.77 bits per heavy atom. The molecule has 2 radical (unpaired) electrons. The molecule has 0 bridgehead atoms. The van der Waals surface area contributed by atoms with E-state index in [4.69, 9.17) is 10.2 Å². The summed E-state index contributed by atoms with van der Waals surface area (Å²) in [5.74, 6) is 0. The minimum absolute atomic E-state index is 0.00551. The summed E-state index contributed by atoms with van der Waals surface area (Å²) < 4.78 is 4.73. The third-order valence-electron chi connectivity index (χ3n) is 1.87. The van der Waals surface area contributed by atoms with E-state index in [0.29, 0.717) is 0 Å². The Morgan fingerprint density at radius 2 is 2.15 bits per heavy atom. The smallest absolute Gasteiger partial charge is 0.391 e. The molecular weight excluding hydrogens is 182 g/mol. The van der Waals surface area contributed by atoms with Crippen molar-refractivity contribution < 1.29 is 9.22 Å². The van der Waals surface area contributed by atoms with E-state index in [1.54, 1.807) is 0 Å². The largest absolute Gasteiger partial charge is 0.496 e. The molecule has 0 fully saturated rings. The predicted octanol–water partition coefficient (Wildman–Crippen LogP) is 0.643. The van der Waals surface area contributed by atoms with Gasteiger partial charge in [-0.15, -0.1) is 0 Å². The Bertz CT molecular complexity index is 325. The van der Waals surface area contributed by atoms with Crippen LogP contribution in [0.5, 0.6) is 0 Å². The molecule has 0 heterocycles. The summed E-state index contributed by atoms with van der Waals surface area (Å²) in [6.07, 6.45) is -0.723. The third-order valence-corrected chi connectivity index (χ3v) is 2.93. The highest BCUT2D eigenvalue weighted by Gasteiger charge is 2.05. The third kappa shape index (κ3) is 2.59. The summed E-state index contributed by atoms with van der Waals surface area (Å²) in [6.45, 7) is 4.02. The monoisotopic (exact) mass is 193 g/mol. The van der Waals surface area contributed by atoms with Gasteiger partial charge in [0.25, 0.3) is 0 Å². The summed E-state index contributed by atoms with van der Waals surface area (Å²) in [5, 5.41) is 1.03. The van der Waals surface area contributed by atoms with Crippen molar-refractivity contribution in [3.63, 3.8) is 0 Å². The number of aryl methyl sites for hydroxylation is 1. The van der Waals surface area contributed by atoms with E-state index in [9.17, 15) is 4.79 Å². The van der Waals surface area contributed by atoms with Crippen LogP contribution in [-0.2, 0) is 4.43 Å². The second-order valence-electron chi connectivity index (χ2n) is 2.77. The first-order chi connectivity index (χ1) is 6.11. The standard InChI is InChI=1S/C9H11NO2Si/c1-6-4-3-5-8(7(6)2)13-12-9(10)11/h3-5H,1-2H3,(H2,10,11). The van der Waals surface area contributed by atoms with E-state index in [-0.39, 0.29) is 9.76 Å². The molecule has 0 aromatic heterocycles. The summed E-state index contributed by atoms with van der Waals surface area (Å²) in [5.41, 5.74) is 7.22. The molecule has 1 aromatic rings. The van der Waals surface area contributed by atoms with Crippen molar-refractivity contribution in [2.75, 3.05) is 0 Å². The van der Waals surface area contributed by atoms with Crippen molar-refractivity contribution >= 4 is 21.0 Å². The van der Waals surface area contributed by atoms with Crippen LogP contribution in [0.1, 0.15) is 11.1 Å². The van der Waals surface area contributed by atoms with Crippen LogP contribution in [0.15, 0.2) is 18.2 Å². The van der Waals surface area contributed by atoms with Crippen molar-refractivity contribution in [2.24, 2.45) is 5.73 Å². The Hall–Kier alpha value is -1.29. The molecule has 1 rings (SSSR count). The molecule has 0 atom stereocenters. The van der Waals surface area contributed by atoms with Crippen LogP contribution in [0.25, 0.3) is 0 Å². The van der Waals surface area contributed by atoms with Gasteiger partial charge in [-0.25, -0.2) is 4.79 Å². The predicted molar refractivity (Wildman–Crippen MR) is 52.0 cm³/mol. The van der Waals surface area contributed by atoms with E-state index in [1.807, 2.05) is 32.0 Å². The van der Waals surface area contributed by atoms with Crippen LogP contribution in [-0.4, -0.2) is 15.9 Å². The molecule has 0 spiro atoms. The molecule has 0 aliphatic carbocycles. The lowest BCUT2D eigenvalue weighted by Crippen LogP contribution is -2.26. The number of primary amides is 1. The van der Waals surface area contributed by atoms with Gasteiger partial charge in [0.15, 0.2) is 0 Å². The molecule has 2 N–H and O–H groups in total. The number of hydrogen-bond acceptors (Lipinski definition) is 2. The molecule has 0 saturated heterocycles. The maximum Gasteiger partial charge on any atom is 0.391 e. The quantitative estimate of drug-likeness (QED) is 0.701. The van der Waals surface area contributed by atoms with E-state index in [1.165, 1.54) is 5.56 Å². The second-order valence-corrected chi connectivity index (χ2v) is 3.72. The number of hydrogen-bond donors (Lipinski definition) is 1. The van der Waals surface area contributed by atoms with Gasteiger partial charge in [0.1, 0.15) is 0 Å². The zero-order valence-corrected chi connectivity index (χ0v) is 8.63. The molecule has 1 aromatic carbocycles. The Morgan fingerprint density at radius 1 is 1.46 bits per heavy atom. The first kappa shape index (κ1) is 9.79. The van der Waals surface area contributed by atoms with Crippen LogP contribution in [0.3, 0.4) is 0 Å². The van der Waals surface area contributed by atoms with Gasteiger partial charge in [0.2, 0.25) is 0 Å². The van der Waals surface area contributed by atoms with E-state index in [2.05, 4.69) is 0 Å². The number of amides is 1. The van der Waals surface area contributed by atoms with Crippen molar-refractivity contribution in [1.82, 2.24) is 0 Å². The number of carbonyl (C=O) groups excluding carboxylic acids is 1. The van der Waals surface area contributed by atoms with Gasteiger partial charge in [-0.2, -0.15) is 0 Å². The van der Waals surface area contributed by atoms with Gasteiger partial charge in [-0.1, -0.05) is 18.2 Å². The fourth-order valence-corrected chi connectivity index (χ4v) is 1.69. The first-order valence-electron chi connectivity index (χ1n) is 3.90. The maximum atomic E-state index is 10.4. The van der Waals surface area contributed by atoms with Gasteiger partial charge in [-0.3, -0.25) is 0 Å². The lowest BCUT2D eigenvalue weighted by atomic mass is 10.1. The Labute approximate surface area is 79.8 Å². The van der Waals surface area contributed by atoms with Crippen molar-refractivity contribution in [2.45, 2.75) is 13.8 Å². The molecule has 3 nitrogen and oxygen atoms in total. The molecule has 1 amide bonds. The van der Waals surface area contributed by atoms with E-state index >= 15 is 0 Å². The van der Waals surface area contributed by atoms with Crippen molar-refractivity contribution in [3.8, 4) is 0 Å². The van der Waals surface area contributed by atoms with Crippen LogP contribution in [0, 0.1) is 13.8 Å². The van der Waals surface area contributed by atoms with Crippen LogP contribution in [0.4, 0.5) is 4.79 Å². The van der Waals surface area contributed by atoms with Gasteiger partial charge in [0.05, 0.1) is 0 Å². The number of benzene rings is 1. The molecule has 13 heavy (non-hydrogen) atoms. The summed E-state index contributed by atoms with van der Waals surface area (Å²) in [6, 6.07) is 5.90. The topological polar surface area (TPSA) is 52.3 Å². The molecule has 0 saturated carbocycles. The number of carbonyl (C=O) groups is 1. The summed E-state index contributed by atoms with van der Waals surface area (Å²) >= 11 is 0. The Kier molecular flexibility index (Phi) is 3.08. The molecule has 0 unspecified atom stereocenters. The fourth-order valence-electron chi connectivity index (χ4n) is 0.967. The van der Waals surface area contributed by atoms with Crippen LogP contribution in [0.2, 0.25) is 0 Å². The number of nitrogens with two attached hydrogens (primary N) is 1. The normalized spacial score (nSPS) is 9.69. The van der Waals surface area contributed by atoms with Gasteiger partial charge < -0.3 is 10.2 Å². The Balaban J connectivity index is 2.77. The minimum atomic E-state index is -0.723. The molecule has 0 aliphatic rings. The van der Waals surface area contributed by atoms with E-state index < -0.39 is 6.09 Å². The highest BCUT2D eigenvalue weighted by molar-refractivity contribution is 6.49. The highest BCUT2D eigenvalue weighted by atomic mass is 28.2.